The molecule has 28 heavy (non-hydrogen) atoms. The maximum atomic E-state index is 12.5. The highest BCUT2D eigenvalue weighted by molar-refractivity contribution is 5.92. The predicted molar refractivity (Wildman–Crippen MR) is 109 cm³/mol. The fraction of sp³-hybridized carbons (Fsp3) is 0.292. The van der Waals surface area contributed by atoms with Gasteiger partial charge in [0.1, 0.15) is 0 Å². The van der Waals surface area contributed by atoms with Crippen molar-refractivity contribution in [2.45, 2.75) is 32.7 Å². The normalized spacial score (nSPS) is 16.6. The summed E-state index contributed by atoms with van der Waals surface area (Å²) in [7, 11) is 0. The van der Waals surface area contributed by atoms with Crippen LogP contribution in [0, 0.1) is 34.0 Å². The monoisotopic (exact) mass is 369 g/mol. The number of ketones is 1. The van der Waals surface area contributed by atoms with E-state index in [1.165, 1.54) is 0 Å². The number of benzene rings is 2. The highest BCUT2D eigenvalue weighted by Crippen LogP contribution is 2.42. The molecule has 4 nitrogen and oxygen atoms in total. The average Bonchev–Trinajstić information content (AvgIpc) is 2.68. The Balaban J connectivity index is 2.21. The van der Waals surface area contributed by atoms with Crippen LogP contribution in [0.15, 0.2) is 72.4 Å². The van der Waals surface area contributed by atoms with Crippen LogP contribution in [0.1, 0.15) is 38.3 Å². The maximum Gasteiger partial charge on any atom is 0.158 e. The van der Waals surface area contributed by atoms with E-state index in [0.717, 1.165) is 16.9 Å². The van der Waals surface area contributed by atoms with Crippen molar-refractivity contribution in [3.05, 3.63) is 78.0 Å². The first-order valence-electron chi connectivity index (χ1n) is 9.37. The number of hydrogen-bond acceptors (Lipinski definition) is 4. The summed E-state index contributed by atoms with van der Waals surface area (Å²) in [6.45, 7) is 4.15. The van der Waals surface area contributed by atoms with Crippen molar-refractivity contribution in [2.24, 2.45) is 11.3 Å². The van der Waals surface area contributed by atoms with E-state index in [-0.39, 0.29) is 11.2 Å². The summed E-state index contributed by atoms with van der Waals surface area (Å²) >= 11 is 0. The third-order valence-electron chi connectivity index (χ3n) is 5.00. The molecule has 2 aromatic carbocycles. The number of anilines is 1. The molecule has 0 aliphatic heterocycles. The van der Waals surface area contributed by atoms with Gasteiger partial charge in [0.15, 0.2) is 11.7 Å². The Morgan fingerprint density at radius 2 is 1.50 bits per heavy atom. The molecule has 0 amide bonds. The lowest BCUT2D eigenvalue weighted by atomic mass is 9.77. The van der Waals surface area contributed by atoms with E-state index < -0.39 is 12.0 Å². The fourth-order valence-corrected chi connectivity index (χ4v) is 3.87. The molecule has 140 valence electrons. The summed E-state index contributed by atoms with van der Waals surface area (Å²) in [4.78, 5) is 14.5. The molecule has 4 heteroatoms. The summed E-state index contributed by atoms with van der Waals surface area (Å²) in [5.41, 5.74) is 2.40. The van der Waals surface area contributed by atoms with Gasteiger partial charge in [-0.05, 0) is 29.5 Å². The van der Waals surface area contributed by atoms with Crippen molar-refractivity contribution in [3.63, 3.8) is 0 Å². The van der Waals surface area contributed by atoms with Crippen molar-refractivity contribution in [1.82, 2.24) is 0 Å². The number of para-hydroxylation sites is 1. The molecule has 3 rings (SSSR count). The second-order valence-electron chi connectivity index (χ2n) is 7.92. The van der Waals surface area contributed by atoms with E-state index in [4.69, 9.17) is 0 Å². The lowest BCUT2D eigenvalue weighted by Gasteiger charge is -2.40. The molecule has 0 spiro atoms. The second kappa shape index (κ2) is 8.11. The molecule has 1 unspecified atom stereocenters. The van der Waals surface area contributed by atoms with Gasteiger partial charge in [0, 0.05) is 23.9 Å². The van der Waals surface area contributed by atoms with Crippen LogP contribution < -0.4 is 4.90 Å². The predicted octanol–water partition coefficient (Wildman–Crippen LogP) is 5.17. The van der Waals surface area contributed by atoms with Gasteiger partial charge in [0.05, 0.1) is 18.2 Å². The lowest BCUT2D eigenvalue weighted by molar-refractivity contribution is -0.117. The molecule has 0 saturated heterocycles. The van der Waals surface area contributed by atoms with Gasteiger partial charge in [-0.2, -0.15) is 10.5 Å². The number of rotatable bonds is 5. The van der Waals surface area contributed by atoms with Crippen molar-refractivity contribution in [3.8, 4) is 12.1 Å². The van der Waals surface area contributed by atoms with Gasteiger partial charge in [0.2, 0.25) is 0 Å². The molecule has 0 fully saturated rings. The molecule has 1 atom stereocenters. The van der Waals surface area contributed by atoms with E-state index in [2.05, 4.69) is 26.0 Å². The summed E-state index contributed by atoms with van der Waals surface area (Å²) in [6.07, 6.45) is 2.87. The van der Waals surface area contributed by atoms with Gasteiger partial charge in [0.25, 0.3) is 0 Å². The van der Waals surface area contributed by atoms with E-state index in [1.54, 1.807) is 6.08 Å². The molecule has 1 aliphatic rings. The third kappa shape index (κ3) is 4.13. The van der Waals surface area contributed by atoms with Gasteiger partial charge >= 0.3 is 0 Å². The van der Waals surface area contributed by atoms with Gasteiger partial charge < -0.3 is 4.90 Å². The Morgan fingerprint density at radius 1 is 0.929 bits per heavy atom. The van der Waals surface area contributed by atoms with Crippen LogP contribution >= 0.6 is 0 Å². The van der Waals surface area contributed by atoms with Gasteiger partial charge in [-0.1, -0.05) is 62.4 Å². The van der Waals surface area contributed by atoms with Gasteiger partial charge in [-0.15, -0.1) is 0 Å². The summed E-state index contributed by atoms with van der Waals surface area (Å²) < 4.78 is 0. The average molecular weight is 369 g/mol. The molecule has 0 aromatic heterocycles. The minimum absolute atomic E-state index is 0.0736. The van der Waals surface area contributed by atoms with E-state index in [0.29, 0.717) is 12.8 Å². The van der Waals surface area contributed by atoms with Crippen LogP contribution in [0.4, 0.5) is 5.69 Å². The highest BCUT2D eigenvalue weighted by atomic mass is 16.1. The third-order valence-corrected chi connectivity index (χ3v) is 5.00. The Bertz CT molecular complexity index is 935. The highest BCUT2D eigenvalue weighted by Gasteiger charge is 2.36. The summed E-state index contributed by atoms with van der Waals surface area (Å²) in [6, 6.07) is 23.1. The van der Waals surface area contributed by atoms with Crippen LogP contribution in [-0.4, -0.2) is 5.78 Å². The molecule has 0 saturated carbocycles. The number of nitriles is 2. The molecule has 1 aliphatic carbocycles. The van der Waals surface area contributed by atoms with Crippen LogP contribution in [0.5, 0.6) is 0 Å². The van der Waals surface area contributed by atoms with Crippen molar-refractivity contribution < 1.29 is 4.79 Å². The minimum Gasteiger partial charge on any atom is -0.335 e. The van der Waals surface area contributed by atoms with Crippen molar-refractivity contribution >= 4 is 11.5 Å². The SMILES string of the molecule is CC1(C)CC(=O)C=C(N(c2ccccc2)C(c2ccccc2)C(C#N)C#N)C1. The molecular formula is C24H23N3O. The first-order chi connectivity index (χ1) is 13.4. The van der Waals surface area contributed by atoms with Gasteiger partial charge in [-0.25, -0.2) is 0 Å². The first-order valence-corrected chi connectivity index (χ1v) is 9.37. The van der Waals surface area contributed by atoms with Gasteiger partial charge in [-0.3, -0.25) is 4.79 Å². The molecule has 0 heterocycles. The Hall–Kier alpha value is -3.37. The quantitative estimate of drug-likeness (QED) is 0.729. The number of carbonyl (C=O) groups is 1. The smallest absolute Gasteiger partial charge is 0.158 e. The lowest BCUT2D eigenvalue weighted by Crippen LogP contribution is -2.37. The number of nitrogens with zero attached hydrogens (tertiary/aromatic N) is 3. The number of carbonyl (C=O) groups excluding carboxylic acids is 1. The fourth-order valence-electron chi connectivity index (χ4n) is 3.87. The maximum absolute atomic E-state index is 12.5. The van der Waals surface area contributed by atoms with Crippen LogP contribution in [-0.2, 0) is 4.79 Å². The Morgan fingerprint density at radius 3 is 2.04 bits per heavy atom. The first kappa shape index (κ1) is 19.4. The number of allylic oxidation sites excluding steroid dienone is 2. The second-order valence-corrected chi connectivity index (χ2v) is 7.92. The van der Waals surface area contributed by atoms with E-state index in [9.17, 15) is 15.3 Å². The van der Waals surface area contributed by atoms with Crippen molar-refractivity contribution in [1.29, 1.82) is 10.5 Å². The molecular weight excluding hydrogens is 346 g/mol. The zero-order valence-electron chi connectivity index (χ0n) is 16.2. The van der Waals surface area contributed by atoms with Crippen LogP contribution in [0.25, 0.3) is 0 Å². The molecule has 0 bridgehead atoms. The van der Waals surface area contributed by atoms with E-state index in [1.807, 2.05) is 65.6 Å². The standard InChI is InChI=1S/C24H23N3O/c1-24(2)14-21(13-22(28)15-24)27(20-11-7-4-8-12-20)23(19(16-25)17-26)18-9-5-3-6-10-18/h3-13,19,23H,14-15H2,1-2H3. The zero-order valence-corrected chi connectivity index (χ0v) is 16.2. The molecule has 2 aromatic rings. The molecule has 0 N–H and O–H groups in total. The Labute approximate surface area is 166 Å². The summed E-state index contributed by atoms with van der Waals surface area (Å²) in [5.74, 6) is -0.812. The topological polar surface area (TPSA) is 67.9 Å². The van der Waals surface area contributed by atoms with Crippen LogP contribution in [0.3, 0.4) is 0 Å². The number of hydrogen-bond donors (Lipinski definition) is 0. The minimum atomic E-state index is -0.886. The summed E-state index contributed by atoms with van der Waals surface area (Å²) in [5, 5.41) is 19.4. The molecule has 0 radical (unpaired) electrons. The van der Waals surface area contributed by atoms with E-state index >= 15 is 0 Å². The Kier molecular flexibility index (Phi) is 5.62. The van der Waals surface area contributed by atoms with Crippen LogP contribution in [0.2, 0.25) is 0 Å². The largest absolute Gasteiger partial charge is 0.335 e. The van der Waals surface area contributed by atoms with Crippen molar-refractivity contribution in [2.75, 3.05) is 4.90 Å². The zero-order chi connectivity index (χ0) is 20.1.